The molecule has 602 valence electrons. The molecule has 19 heteroatoms. The lowest BCUT2D eigenvalue weighted by Gasteiger charge is -2.48. The van der Waals surface area contributed by atoms with Gasteiger partial charge in [-0.15, -0.1) is 0 Å². The summed E-state index contributed by atoms with van der Waals surface area (Å²) in [6.07, 6.45) is 65.9. The fourth-order valence-electron chi connectivity index (χ4n) is 12.9. The Hall–Kier alpha value is -4.07. The first kappa shape index (κ1) is 95.1. The Bertz CT molecular complexity index is 2420. The normalized spacial score (nSPS) is 26.5. The predicted molar refractivity (Wildman–Crippen MR) is 419 cm³/mol. The number of rotatable bonds is 63. The minimum atomic E-state index is -2.00. The zero-order valence-corrected chi connectivity index (χ0v) is 64.4. The van der Waals surface area contributed by atoms with Crippen molar-refractivity contribution >= 4 is 5.91 Å². The van der Waals surface area contributed by atoms with Crippen molar-refractivity contribution in [3.05, 3.63) is 134 Å². The molecule has 0 aromatic rings. The standard InChI is InChI=1S/C86H145NO18/c1-3-5-7-9-11-13-15-17-19-21-23-25-27-29-31-33-34-36-37-39-41-43-45-47-49-51-53-55-57-59-61-63-70(91)69(87-74(92)64-62-60-58-56-54-52-50-48-46-44-42-40-38-35-32-30-28-26-24-22-20-18-16-14-12-10-8-6-4-2)68-100-84-80(98)77(95)82(72(66-89)102-84)105-86-81(99)78(96)83(73(67-90)103-86)104-85-79(97)76(94)75(93)71(65-88)101-85/h6,8,12,14,18,20,24,26,30,32,38,40,44,46,50,52-53,55-56,58,61,63,69-73,75-86,88-91,93-99H,3-5,7,9-11,13,15-17,19,21-23,25,27-29,31,33-37,39,41-43,45,47-49,51,54,57,59-60,62,64-68H2,1-2H3,(H,87,92)/b8-6-,14-12-,20-18-,26-24-,32-30-,40-38-,46-44-,52-50-,55-53+,58-56-,63-61+. The van der Waals surface area contributed by atoms with Crippen molar-refractivity contribution in [1.82, 2.24) is 5.32 Å². The van der Waals surface area contributed by atoms with Crippen LogP contribution in [-0.2, 0) is 33.2 Å². The third kappa shape index (κ3) is 44.4. The highest BCUT2D eigenvalue weighted by Crippen LogP contribution is 2.33. The number of nitrogens with one attached hydrogen (secondary N) is 1. The molecule has 3 aliphatic heterocycles. The van der Waals surface area contributed by atoms with E-state index in [4.69, 9.17) is 28.4 Å². The summed E-state index contributed by atoms with van der Waals surface area (Å²) in [5.41, 5.74) is 0. The molecule has 0 aromatic carbocycles. The van der Waals surface area contributed by atoms with Crippen molar-refractivity contribution in [2.45, 2.75) is 375 Å². The Morgan fingerprint density at radius 3 is 1.07 bits per heavy atom. The van der Waals surface area contributed by atoms with Crippen LogP contribution in [0, 0.1) is 0 Å². The van der Waals surface area contributed by atoms with Gasteiger partial charge < -0.3 is 89.9 Å². The Morgan fingerprint density at radius 2 is 0.667 bits per heavy atom. The highest BCUT2D eigenvalue weighted by atomic mass is 16.8. The van der Waals surface area contributed by atoms with E-state index >= 15 is 0 Å². The Kier molecular flexibility index (Phi) is 58.6. The molecule has 0 aliphatic carbocycles. The van der Waals surface area contributed by atoms with Crippen LogP contribution in [0.1, 0.15) is 271 Å². The van der Waals surface area contributed by atoms with Crippen molar-refractivity contribution in [1.29, 1.82) is 0 Å². The maximum absolute atomic E-state index is 13.4. The van der Waals surface area contributed by atoms with Gasteiger partial charge in [0.05, 0.1) is 38.6 Å². The fourth-order valence-corrected chi connectivity index (χ4v) is 12.9. The number of hydrogen-bond donors (Lipinski definition) is 12. The summed E-state index contributed by atoms with van der Waals surface area (Å²) < 4.78 is 34.4. The molecule has 0 saturated carbocycles. The first-order valence-corrected chi connectivity index (χ1v) is 40.9. The van der Waals surface area contributed by atoms with Gasteiger partial charge in [0.25, 0.3) is 0 Å². The van der Waals surface area contributed by atoms with Gasteiger partial charge in [0, 0.05) is 6.42 Å². The summed E-state index contributed by atoms with van der Waals surface area (Å²) in [7, 11) is 0. The molecule has 3 rings (SSSR count). The fraction of sp³-hybridized carbons (Fsp3) is 0.733. The van der Waals surface area contributed by atoms with Gasteiger partial charge in [-0.1, -0.05) is 302 Å². The number of unbranched alkanes of at least 4 members (excludes halogenated alkanes) is 27. The zero-order chi connectivity index (χ0) is 76.0. The summed E-state index contributed by atoms with van der Waals surface area (Å²) in [4.78, 5) is 13.4. The van der Waals surface area contributed by atoms with Crippen LogP contribution in [0.3, 0.4) is 0 Å². The Labute approximate surface area is 632 Å². The number of allylic oxidation sites excluding steroid dienone is 21. The molecule has 0 radical (unpaired) electrons. The summed E-state index contributed by atoms with van der Waals surface area (Å²) in [5, 5.41) is 121. The van der Waals surface area contributed by atoms with Gasteiger partial charge in [0.15, 0.2) is 18.9 Å². The van der Waals surface area contributed by atoms with E-state index in [0.29, 0.717) is 19.3 Å². The van der Waals surface area contributed by atoms with Crippen LogP contribution in [0.4, 0.5) is 0 Å². The van der Waals surface area contributed by atoms with Crippen LogP contribution >= 0.6 is 0 Å². The second-order valence-electron chi connectivity index (χ2n) is 28.5. The molecule has 0 bridgehead atoms. The van der Waals surface area contributed by atoms with Crippen molar-refractivity contribution in [3.63, 3.8) is 0 Å². The molecule has 17 unspecified atom stereocenters. The number of amides is 1. The molecule has 105 heavy (non-hydrogen) atoms. The van der Waals surface area contributed by atoms with Crippen LogP contribution in [0.15, 0.2) is 134 Å². The molecule has 19 nitrogen and oxygen atoms in total. The number of aliphatic hydroxyl groups is 11. The summed E-state index contributed by atoms with van der Waals surface area (Å²) >= 11 is 0. The monoisotopic (exact) mass is 1480 g/mol. The highest BCUT2D eigenvalue weighted by Gasteiger charge is 2.54. The lowest BCUT2D eigenvalue weighted by molar-refractivity contribution is -0.379. The minimum absolute atomic E-state index is 0.146. The highest BCUT2D eigenvalue weighted by molar-refractivity contribution is 5.76. The van der Waals surface area contributed by atoms with Crippen LogP contribution in [0.2, 0.25) is 0 Å². The van der Waals surface area contributed by atoms with Gasteiger partial charge in [-0.05, 0) is 96.3 Å². The maximum atomic E-state index is 13.4. The van der Waals surface area contributed by atoms with E-state index in [1.807, 2.05) is 12.2 Å². The largest absolute Gasteiger partial charge is 0.394 e. The molecule has 17 atom stereocenters. The van der Waals surface area contributed by atoms with Gasteiger partial charge >= 0.3 is 0 Å². The SMILES string of the molecule is CC/C=C\C/C=C\C/C=C\C/C=C\C/C=C\C/C=C\C/C=C\C/C=C\C/C=C\CCCC(=O)NC(COC1OC(CO)C(OC2OC(CO)C(OC3OC(CO)C(O)C(O)C3O)C(O)C2O)C(O)C1O)C(O)/C=C/CC/C=C/CCCCCCCCCCCCCCCCCCCCCCCCCCC. The zero-order valence-electron chi connectivity index (χ0n) is 64.4. The van der Waals surface area contributed by atoms with E-state index in [9.17, 15) is 61.0 Å². The molecule has 3 heterocycles. The van der Waals surface area contributed by atoms with E-state index in [-0.39, 0.29) is 12.3 Å². The van der Waals surface area contributed by atoms with Gasteiger partial charge in [-0.3, -0.25) is 4.79 Å². The van der Waals surface area contributed by atoms with Crippen molar-refractivity contribution in [3.8, 4) is 0 Å². The second-order valence-corrected chi connectivity index (χ2v) is 28.5. The molecule has 0 spiro atoms. The van der Waals surface area contributed by atoms with Gasteiger partial charge in [0.2, 0.25) is 5.91 Å². The molecular formula is C86H145NO18. The average Bonchev–Trinajstić information content (AvgIpc) is 0.781. The van der Waals surface area contributed by atoms with Crippen LogP contribution in [0.5, 0.6) is 0 Å². The van der Waals surface area contributed by atoms with Crippen molar-refractivity contribution < 1.29 is 89.4 Å². The van der Waals surface area contributed by atoms with Gasteiger partial charge in [-0.2, -0.15) is 0 Å². The minimum Gasteiger partial charge on any atom is -0.394 e. The lowest BCUT2D eigenvalue weighted by atomic mass is 9.96. The topological polar surface area (TPSA) is 307 Å². The lowest BCUT2D eigenvalue weighted by Crippen LogP contribution is -2.66. The van der Waals surface area contributed by atoms with Gasteiger partial charge in [0.1, 0.15) is 73.2 Å². The molecule has 12 N–H and O–H groups in total. The van der Waals surface area contributed by atoms with Gasteiger partial charge in [-0.25, -0.2) is 0 Å². The first-order chi connectivity index (χ1) is 51.3. The summed E-state index contributed by atoms with van der Waals surface area (Å²) in [5.74, 6) is -0.346. The maximum Gasteiger partial charge on any atom is 0.220 e. The second kappa shape index (κ2) is 64.7. The Balaban J connectivity index is 1.41. The number of hydrogen-bond acceptors (Lipinski definition) is 18. The smallest absolute Gasteiger partial charge is 0.220 e. The van der Waals surface area contributed by atoms with E-state index in [1.165, 1.54) is 154 Å². The molecule has 3 saturated heterocycles. The third-order valence-electron chi connectivity index (χ3n) is 19.4. The predicted octanol–water partition coefficient (Wildman–Crippen LogP) is 14.1. The number of carbonyl (C=O) groups excluding carboxylic acids is 1. The quantitative estimate of drug-likeness (QED) is 0.0199. The molecule has 3 aliphatic rings. The first-order valence-electron chi connectivity index (χ1n) is 40.9. The average molecular weight is 1480 g/mol. The summed E-state index contributed by atoms with van der Waals surface area (Å²) in [6.45, 7) is 1.57. The van der Waals surface area contributed by atoms with Crippen molar-refractivity contribution in [2.24, 2.45) is 0 Å². The molecular weight excluding hydrogens is 1330 g/mol. The van der Waals surface area contributed by atoms with Crippen LogP contribution in [-0.4, -0.2) is 193 Å². The number of aliphatic hydroxyl groups excluding tert-OH is 11. The molecule has 3 fully saturated rings. The molecule has 1 amide bonds. The number of ether oxygens (including phenoxy) is 6. The third-order valence-corrected chi connectivity index (χ3v) is 19.4. The summed E-state index contributed by atoms with van der Waals surface area (Å²) in [6, 6.07) is -1.03. The number of carbonyl (C=O) groups is 1. The Morgan fingerprint density at radius 1 is 0.352 bits per heavy atom. The van der Waals surface area contributed by atoms with E-state index in [1.54, 1.807) is 6.08 Å². The van der Waals surface area contributed by atoms with E-state index in [2.05, 4.69) is 135 Å². The van der Waals surface area contributed by atoms with E-state index < -0.39 is 131 Å². The van der Waals surface area contributed by atoms with Crippen molar-refractivity contribution in [2.75, 3.05) is 26.4 Å². The van der Waals surface area contributed by atoms with Crippen LogP contribution < -0.4 is 5.32 Å². The van der Waals surface area contributed by atoms with E-state index in [0.717, 1.165) is 77.0 Å². The molecule has 0 aromatic heterocycles. The van der Waals surface area contributed by atoms with Crippen LogP contribution in [0.25, 0.3) is 0 Å².